The molecule has 4 nitrogen and oxygen atoms in total. The maximum atomic E-state index is 12.9. The van der Waals surface area contributed by atoms with Crippen molar-refractivity contribution in [2.45, 2.75) is 111 Å². The van der Waals surface area contributed by atoms with Crippen molar-refractivity contribution in [2.24, 2.45) is 33.5 Å². The second-order valence-electron chi connectivity index (χ2n) is 14.2. The first-order chi connectivity index (χ1) is 16.2. The van der Waals surface area contributed by atoms with Gasteiger partial charge in [0, 0.05) is 0 Å². The van der Waals surface area contributed by atoms with Gasteiger partial charge >= 0.3 is 5.97 Å². The van der Waals surface area contributed by atoms with E-state index in [1.165, 1.54) is 31.1 Å². The lowest BCUT2D eigenvalue weighted by atomic mass is 9.32. The summed E-state index contributed by atoms with van der Waals surface area (Å²) >= 11 is 0. The quantitative estimate of drug-likeness (QED) is 0.324. The SMILES string of the molecule is COC(=O)[C@]1(C)CC[C@]2(C)CC[C@]3(C)C4CC(C)c5c(cc(O)c(O)c5C)[C@]4(C)CC[C@@]3(C)[C@@H]2C1. The van der Waals surface area contributed by atoms with Crippen LogP contribution < -0.4 is 0 Å². The summed E-state index contributed by atoms with van der Waals surface area (Å²) in [5, 5.41) is 21.1. The molecule has 4 aliphatic rings. The number of ether oxygens (including phenoxy) is 1. The van der Waals surface area contributed by atoms with E-state index in [4.69, 9.17) is 4.74 Å². The summed E-state index contributed by atoms with van der Waals surface area (Å²) in [6, 6.07) is 1.88. The number of esters is 1. The van der Waals surface area contributed by atoms with Gasteiger partial charge in [-0.3, -0.25) is 4.79 Å². The number of aromatic hydroxyl groups is 2. The van der Waals surface area contributed by atoms with E-state index < -0.39 is 5.41 Å². The highest BCUT2D eigenvalue weighted by Crippen LogP contribution is 2.76. The first-order valence-electron chi connectivity index (χ1n) is 13.8. The number of fused-ring (bicyclic) bond motifs is 7. The first kappa shape index (κ1) is 25.0. The molecule has 0 spiro atoms. The molecule has 3 fully saturated rings. The number of carbonyl (C=O) groups is 1. The zero-order chi connectivity index (χ0) is 25.8. The number of hydrogen-bond acceptors (Lipinski definition) is 4. The third-order valence-corrected chi connectivity index (χ3v) is 12.7. The van der Waals surface area contributed by atoms with Crippen LogP contribution in [0.2, 0.25) is 0 Å². The van der Waals surface area contributed by atoms with Crippen molar-refractivity contribution in [3.05, 3.63) is 22.8 Å². The number of benzene rings is 1. The van der Waals surface area contributed by atoms with Crippen LogP contribution in [0, 0.1) is 40.4 Å². The van der Waals surface area contributed by atoms with Gasteiger partial charge in [-0.05, 0) is 127 Å². The van der Waals surface area contributed by atoms with Gasteiger partial charge in [0.25, 0.3) is 0 Å². The number of rotatable bonds is 1. The van der Waals surface area contributed by atoms with Crippen molar-refractivity contribution in [3.63, 3.8) is 0 Å². The van der Waals surface area contributed by atoms with Gasteiger partial charge in [0.2, 0.25) is 0 Å². The molecule has 0 aromatic heterocycles. The minimum atomic E-state index is -0.395. The van der Waals surface area contributed by atoms with Gasteiger partial charge in [0.15, 0.2) is 11.5 Å². The van der Waals surface area contributed by atoms with Crippen molar-refractivity contribution in [1.82, 2.24) is 0 Å². The summed E-state index contributed by atoms with van der Waals surface area (Å²) in [5.74, 6) is 1.35. The van der Waals surface area contributed by atoms with Crippen LogP contribution in [0.3, 0.4) is 0 Å². The second-order valence-corrected chi connectivity index (χ2v) is 14.2. The summed E-state index contributed by atoms with van der Waals surface area (Å²) in [7, 11) is 1.54. The Morgan fingerprint density at radius 3 is 2.20 bits per heavy atom. The average Bonchev–Trinajstić information content (AvgIpc) is 2.81. The smallest absolute Gasteiger partial charge is 0.311 e. The maximum Gasteiger partial charge on any atom is 0.311 e. The van der Waals surface area contributed by atoms with E-state index >= 15 is 0 Å². The van der Waals surface area contributed by atoms with Crippen LogP contribution in [0.15, 0.2) is 6.07 Å². The number of phenolic OH excluding ortho intramolecular Hbond substituents is 2. The molecule has 0 bridgehead atoms. The van der Waals surface area contributed by atoms with Gasteiger partial charge < -0.3 is 14.9 Å². The predicted molar refractivity (Wildman–Crippen MR) is 139 cm³/mol. The van der Waals surface area contributed by atoms with Crippen molar-refractivity contribution >= 4 is 5.97 Å². The Labute approximate surface area is 211 Å². The molecule has 4 heteroatoms. The van der Waals surface area contributed by atoms with Crippen LogP contribution in [-0.4, -0.2) is 23.3 Å². The fraction of sp³-hybridized carbons (Fsp3) is 0.774. The van der Waals surface area contributed by atoms with E-state index in [9.17, 15) is 15.0 Å². The zero-order valence-corrected chi connectivity index (χ0v) is 23.2. The van der Waals surface area contributed by atoms with Gasteiger partial charge in [0.1, 0.15) is 0 Å². The third kappa shape index (κ3) is 3.01. The third-order valence-electron chi connectivity index (χ3n) is 12.7. The van der Waals surface area contributed by atoms with E-state index in [1.807, 2.05) is 13.0 Å². The molecule has 3 saturated carbocycles. The van der Waals surface area contributed by atoms with Crippen LogP contribution in [0.1, 0.15) is 116 Å². The summed E-state index contributed by atoms with van der Waals surface area (Å²) in [4.78, 5) is 12.9. The first-order valence-corrected chi connectivity index (χ1v) is 13.8. The Morgan fingerprint density at radius 1 is 0.943 bits per heavy atom. The lowest BCUT2D eigenvalue weighted by molar-refractivity contribution is -0.215. The van der Waals surface area contributed by atoms with Gasteiger partial charge in [0.05, 0.1) is 12.5 Å². The summed E-state index contributed by atoms with van der Waals surface area (Å²) in [5.41, 5.74) is 3.50. The van der Waals surface area contributed by atoms with Crippen molar-refractivity contribution in [2.75, 3.05) is 7.11 Å². The van der Waals surface area contributed by atoms with Gasteiger partial charge in [-0.15, -0.1) is 0 Å². The molecule has 4 aliphatic carbocycles. The Bertz CT molecular complexity index is 1080. The molecular weight excluding hydrogens is 436 g/mol. The minimum Gasteiger partial charge on any atom is -0.504 e. The standard InChI is InChI=1S/C31H46O4/c1-18-15-22-29(5,20-16-21(32)25(33)19(2)24(18)20)12-14-31(7)23-17-28(4,26(34)35-8)10-9-27(23,3)11-13-30(22,31)6/h16,18,22-23,32-33H,9-15,17H2,1-8H3/t18?,22?,23-,27-,28-,29+,30-,31+/m1/s1. The second kappa shape index (κ2) is 7.42. The van der Waals surface area contributed by atoms with Crippen LogP contribution in [0.5, 0.6) is 11.5 Å². The molecule has 0 aliphatic heterocycles. The Morgan fingerprint density at radius 2 is 1.54 bits per heavy atom. The Balaban J connectivity index is 1.62. The molecule has 0 heterocycles. The van der Waals surface area contributed by atoms with E-state index in [-0.39, 0.29) is 39.1 Å². The number of methoxy groups -OCH3 is 1. The van der Waals surface area contributed by atoms with Crippen LogP contribution >= 0.6 is 0 Å². The molecule has 2 N–H and O–H groups in total. The fourth-order valence-electron chi connectivity index (χ4n) is 10.1. The normalized spacial score (nSPS) is 46.6. The molecule has 194 valence electrons. The van der Waals surface area contributed by atoms with Crippen LogP contribution in [0.25, 0.3) is 0 Å². The Hall–Kier alpha value is -1.71. The molecule has 35 heavy (non-hydrogen) atoms. The average molecular weight is 483 g/mol. The lowest BCUT2D eigenvalue weighted by Crippen LogP contribution is -2.65. The Kier molecular flexibility index (Phi) is 5.29. The summed E-state index contributed by atoms with van der Waals surface area (Å²) in [6.07, 6.45) is 8.70. The van der Waals surface area contributed by atoms with E-state index in [0.29, 0.717) is 17.8 Å². The van der Waals surface area contributed by atoms with Crippen molar-refractivity contribution in [1.29, 1.82) is 0 Å². The van der Waals surface area contributed by atoms with Crippen molar-refractivity contribution in [3.8, 4) is 11.5 Å². The van der Waals surface area contributed by atoms with E-state index in [2.05, 4.69) is 41.5 Å². The largest absolute Gasteiger partial charge is 0.504 e. The highest BCUT2D eigenvalue weighted by Gasteiger charge is 2.69. The number of phenols is 2. The highest BCUT2D eigenvalue weighted by atomic mass is 16.5. The highest BCUT2D eigenvalue weighted by molar-refractivity contribution is 5.76. The predicted octanol–water partition coefficient (Wildman–Crippen LogP) is 7.37. The van der Waals surface area contributed by atoms with Gasteiger partial charge in [-0.2, -0.15) is 0 Å². The summed E-state index contributed by atoms with van der Waals surface area (Å²) in [6.45, 7) is 16.4. The molecule has 5 rings (SSSR count). The molecule has 8 atom stereocenters. The summed E-state index contributed by atoms with van der Waals surface area (Å²) < 4.78 is 5.30. The number of hydrogen-bond donors (Lipinski definition) is 2. The van der Waals surface area contributed by atoms with E-state index in [1.54, 1.807) is 0 Å². The van der Waals surface area contributed by atoms with Crippen LogP contribution in [-0.2, 0) is 14.9 Å². The van der Waals surface area contributed by atoms with Gasteiger partial charge in [-0.25, -0.2) is 0 Å². The fourth-order valence-corrected chi connectivity index (χ4v) is 10.1. The van der Waals surface area contributed by atoms with Crippen molar-refractivity contribution < 1.29 is 19.7 Å². The molecular formula is C31H46O4. The minimum absolute atomic E-state index is 0.0196. The molecule has 1 aromatic rings. The zero-order valence-electron chi connectivity index (χ0n) is 23.2. The molecule has 0 saturated heterocycles. The topological polar surface area (TPSA) is 66.8 Å². The lowest BCUT2D eigenvalue weighted by Gasteiger charge is -2.72. The van der Waals surface area contributed by atoms with E-state index in [0.717, 1.165) is 44.1 Å². The maximum absolute atomic E-state index is 12.9. The monoisotopic (exact) mass is 482 g/mol. The molecule has 2 unspecified atom stereocenters. The number of carbonyl (C=O) groups excluding carboxylic acids is 1. The molecule has 0 amide bonds. The van der Waals surface area contributed by atoms with Gasteiger partial charge in [-0.1, -0.05) is 34.6 Å². The molecule has 0 radical (unpaired) electrons. The van der Waals surface area contributed by atoms with Crippen LogP contribution in [0.4, 0.5) is 0 Å². The molecule has 1 aromatic carbocycles.